The lowest BCUT2D eigenvalue weighted by Crippen LogP contribution is -2.32. The quantitative estimate of drug-likeness (QED) is 0.512. The lowest BCUT2D eigenvalue weighted by atomic mass is 9.79. The zero-order valence-corrected chi connectivity index (χ0v) is 7.45. The maximum Gasteiger partial charge on any atom is 0.272 e. The predicted molar refractivity (Wildman–Crippen MR) is 44.6 cm³/mol. The molecule has 1 unspecified atom stereocenters. The van der Waals surface area contributed by atoms with Gasteiger partial charge in [-0.2, -0.15) is 0 Å². The van der Waals surface area contributed by atoms with Crippen LogP contribution in [0.5, 0.6) is 0 Å². The summed E-state index contributed by atoms with van der Waals surface area (Å²) in [5, 5.41) is 0. The van der Waals surface area contributed by atoms with Crippen molar-refractivity contribution < 1.29 is 13.2 Å². The number of alkyl halides is 3. The van der Waals surface area contributed by atoms with Gasteiger partial charge in [0, 0.05) is 12.0 Å². The van der Waals surface area contributed by atoms with Gasteiger partial charge in [-0.25, -0.2) is 13.2 Å². The summed E-state index contributed by atoms with van der Waals surface area (Å²) in [7, 11) is 0. The summed E-state index contributed by atoms with van der Waals surface area (Å²) in [6, 6.07) is 0. The van der Waals surface area contributed by atoms with Gasteiger partial charge >= 0.3 is 0 Å². The Bertz CT molecular complexity index is 239. The molecule has 0 aliphatic heterocycles. The van der Waals surface area contributed by atoms with Gasteiger partial charge in [0.1, 0.15) is 6.17 Å². The average Bonchev–Trinajstić information content (AvgIpc) is 2.02. The van der Waals surface area contributed by atoms with Crippen LogP contribution in [0.15, 0.2) is 11.1 Å². The van der Waals surface area contributed by atoms with Gasteiger partial charge in [0.25, 0.3) is 5.92 Å². The molecule has 13 heavy (non-hydrogen) atoms. The first-order valence-corrected chi connectivity index (χ1v) is 4.85. The van der Waals surface area contributed by atoms with E-state index in [0.717, 1.165) is 6.42 Å². The van der Waals surface area contributed by atoms with Crippen molar-refractivity contribution in [1.29, 1.82) is 0 Å². The van der Waals surface area contributed by atoms with Gasteiger partial charge in [0.05, 0.1) is 0 Å². The standard InChI is InChI=1S/C10H13F3/c11-8-5-1-3-7-4-2-6-10(12,13)9(7)8/h8H,1-6H2. The predicted octanol–water partition coefficient (Wildman–Crippen LogP) is 3.62. The molecule has 0 aromatic rings. The van der Waals surface area contributed by atoms with Gasteiger partial charge in [-0.3, -0.25) is 0 Å². The maximum atomic E-state index is 13.3. The molecule has 0 saturated carbocycles. The van der Waals surface area contributed by atoms with Crippen LogP contribution in [0.25, 0.3) is 0 Å². The van der Waals surface area contributed by atoms with Crippen LogP contribution in [0.2, 0.25) is 0 Å². The second-order valence-corrected chi connectivity index (χ2v) is 3.93. The molecule has 0 spiro atoms. The van der Waals surface area contributed by atoms with Crippen LogP contribution in [0.3, 0.4) is 0 Å². The molecule has 0 radical (unpaired) electrons. The zero-order valence-electron chi connectivity index (χ0n) is 7.45. The lowest BCUT2D eigenvalue weighted by molar-refractivity contribution is 0.00458. The fraction of sp³-hybridized carbons (Fsp3) is 0.800. The van der Waals surface area contributed by atoms with E-state index in [0.29, 0.717) is 24.8 Å². The highest BCUT2D eigenvalue weighted by molar-refractivity contribution is 5.30. The van der Waals surface area contributed by atoms with Gasteiger partial charge in [0.2, 0.25) is 0 Å². The Hall–Kier alpha value is -0.470. The maximum absolute atomic E-state index is 13.3. The molecule has 2 aliphatic rings. The van der Waals surface area contributed by atoms with E-state index < -0.39 is 12.1 Å². The number of hydrogen-bond donors (Lipinski definition) is 0. The molecule has 0 nitrogen and oxygen atoms in total. The smallest absolute Gasteiger partial charge is 0.242 e. The molecule has 0 aromatic carbocycles. The van der Waals surface area contributed by atoms with Crippen LogP contribution in [0.4, 0.5) is 13.2 Å². The summed E-state index contributed by atoms with van der Waals surface area (Å²) in [5.41, 5.74) is 0.542. The average molecular weight is 190 g/mol. The Morgan fingerprint density at radius 2 is 1.85 bits per heavy atom. The first-order chi connectivity index (χ1) is 6.11. The highest BCUT2D eigenvalue weighted by Crippen LogP contribution is 2.45. The van der Waals surface area contributed by atoms with E-state index in [9.17, 15) is 13.2 Å². The van der Waals surface area contributed by atoms with Crippen molar-refractivity contribution in [2.45, 2.75) is 50.6 Å². The Labute approximate surface area is 75.8 Å². The van der Waals surface area contributed by atoms with Gasteiger partial charge < -0.3 is 0 Å². The summed E-state index contributed by atoms with van der Waals surface area (Å²) < 4.78 is 39.9. The van der Waals surface area contributed by atoms with Crippen LogP contribution >= 0.6 is 0 Å². The minimum Gasteiger partial charge on any atom is -0.242 e. The van der Waals surface area contributed by atoms with Crippen LogP contribution in [-0.4, -0.2) is 12.1 Å². The van der Waals surface area contributed by atoms with E-state index in [1.165, 1.54) is 0 Å². The van der Waals surface area contributed by atoms with E-state index in [4.69, 9.17) is 0 Å². The molecule has 2 rings (SSSR count). The van der Waals surface area contributed by atoms with Crippen molar-refractivity contribution >= 4 is 0 Å². The molecular formula is C10H13F3. The molecular weight excluding hydrogens is 177 g/mol. The first-order valence-electron chi connectivity index (χ1n) is 4.85. The van der Waals surface area contributed by atoms with Crippen LogP contribution in [-0.2, 0) is 0 Å². The minimum absolute atomic E-state index is 0.160. The van der Waals surface area contributed by atoms with Crippen molar-refractivity contribution in [2.24, 2.45) is 0 Å². The van der Waals surface area contributed by atoms with E-state index >= 15 is 0 Å². The van der Waals surface area contributed by atoms with E-state index in [2.05, 4.69) is 0 Å². The van der Waals surface area contributed by atoms with Crippen molar-refractivity contribution in [1.82, 2.24) is 0 Å². The summed E-state index contributed by atoms with van der Waals surface area (Å²) in [4.78, 5) is 0. The Kier molecular flexibility index (Phi) is 2.12. The summed E-state index contributed by atoms with van der Waals surface area (Å²) in [5.74, 6) is -2.85. The topological polar surface area (TPSA) is 0 Å². The number of halogens is 3. The van der Waals surface area contributed by atoms with Crippen molar-refractivity contribution in [3.8, 4) is 0 Å². The molecule has 1 atom stereocenters. The van der Waals surface area contributed by atoms with Crippen molar-refractivity contribution in [3.05, 3.63) is 11.1 Å². The highest BCUT2D eigenvalue weighted by atomic mass is 19.3. The van der Waals surface area contributed by atoms with Gasteiger partial charge in [-0.05, 0) is 32.1 Å². The van der Waals surface area contributed by atoms with Gasteiger partial charge in [0.15, 0.2) is 0 Å². The molecule has 0 heterocycles. The number of allylic oxidation sites excluding steroid dienone is 2. The fourth-order valence-corrected chi connectivity index (χ4v) is 2.40. The fourth-order valence-electron chi connectivity index (χ4n) is 2.40. The third-order valence-electron chi connectivity index (χ3n) is 2.99. The number of rotatable bonds is 0. The largest absolute Gasteiger partial charge is 0.272 e. The molecule has 0 bridgehead atoms. The van der Waals surface area contributed by atoms with Crippen molar-refractivity contribution in [3.63, 3.8) is 0 Å². The second kappa shape index (κ2) is 3.03. The van der Waals surface area contributed by atoms with E-state index in [1.807, 2.05) is 0 Å². The van der Waals surface area contributed by atoms with Crippen LogP contribution in [0.1, 0.15) is 38.5 Å². The van der Waals surface area contributed by atoms with E-state index in [-0.39, 0.29) is 18.4 Å². The molecule has 0 N–H and O–H groups in total. The third-order valence-corrected chi connectivity index (χ3v) is 2.99. The van der Waals surface area contributed by atoms with Gasteiger partial charge in [-0.1, -0.05) is 5.57 Å². The summed E-state index contributed by atoms with van der Waals surface area (Å²) in [6.45, 7) is 0. The molecule has 0 saturated heterocycles. The SMILES string of the molecule is FC1CCCC2=C1C(F)(F)CCC2. The minimum atomic E-state index is -2.85. The molecule has 2 aliphatic carbocycles. The highest BCUT2D eigenvalue weighted by Gasteiger charge is 2.44. The molecule has 0 aromatic heterocycles. The second-order valence-electron chi connectivity index (χ2n) is 3.93. The Morgan fingerprint density at radius 1 is 1.15 bits per heavy atom. The normalized spacial score (nSPS) is 33.0. The molecule has 0 amide bonds. The van der Waals surface area contributed by atoms with Crippen LogP contribution < -0.4 is 0 Å². The zero-order chi connectivity index (χ0) is 9.47. The van der Waals surface area contributed by atoms with Crippen molar-refractivity contribution in [2.75, 3.05) is 0 Å². The summed E-state index contributed by atoms with van der Waals surface area (Å²) in [6.07, 6.45) is 1.37. The van der Waals surface area contributed by atoms with Gasteiger partial charge in [-0.15, -0.1) is 0 Å². The van der Waals surface area contributed by atoms with E-state index in [1.54, 1.807) is 0 Å². The van der Waals surface area contributed by atoms with Crippen LogP contribution in [0, 0.1) is 0 Å². The first kappa shape index (κ1) is 9.10. The molecule has 0 fully saturated rings. The molecule has 74 valence electrons. The Balaban J connectivity index is 2.37. The Morgan fingerprint density at radius 3 is 2.54 bits per heavy atom. The summed E-state index contributed by atoms with van der Waals surface area (Å²) >= 11 is 0. The molecule has 3 heteroatoms. The lowest BCUT2D eigenvalue weighted by Gasteiger charge is -2.33. The third kappa shape index (κ3) is 1.49. The number of hydrogen-bond acceptors (Lipinski definition) is 0. The monoisotopic (exact) mass is 190 g/mol.